The van der Waals surface area contributed by atoms with Crippen LogP contribution >= 0.6 is 0 Å². The van der Waals surface area contributed by atoms with Crippen LogP contribution in [0.3, 0.4) is 0 Å². The van der Waals surface area contributed by atoms with Crippen LogP contribution in [-0.2, 0) is 4.79 Å². The van der Waals surface area contributed by atoms with Crippen LogP contribution in [0.25, 0.3) is 6.08 Å². The summed E-state index contributed by atoms with van der Waals surface area (Å²) < 4.78 is 19.3. The van der Waals surface area contributed by atoms with Gasteiger partial charge < -0.3 is 4.74 Å². The second-order valence-electron chi connectivity index (χ2n) is 5.00. The van der Waals surface area contributed by atoms with Gasteiger partial charge >= 0.3 is 0 Å². The topological polar surface area (TPSA) is 26.3 Å². The molecule has 0 aliphatic heterocycles. The molecule has 0 N–H and O–H groups in total. The molecule has 0 amide bonds. The van der Waals surface area contributed by atoms with Crippen molar-refractivity contribution >= 4 is 11.9 Å². The maximum Gasteiger partial charge on any atom is 0.165 e. The predicted octanol–water partition coefficient (Wildman–Crippen LogP) is 4.86. The minimum atomic E-state index is -0.439. The van der Waals surface area contributed by atoms with Gasteiger partial charge in [0.15, 0.2) is 17.3 Å². The third-order valence-corrected chi connectivity index (χ3v) is 2.94. The summed E-state index contributed by atoms with van der Waals surface area (Å²) in [5.74, 6) is 0.244. The van der Waals surface area contributed by atoms with E-state index in [2.05, 4.69) is 0 Å². The van der Waals surface area contributed by atoms with Crippen LogP contribution < -0.4 is 4.74 Å². The standard InChI is InChI=1S/C18H17FO2/c1-13(2)17(20)11-9-14-8-10-16(19)18(12-14)21-15-6-4-3-5-7-15/h3-13H,1-2H3. The molecule has 0 aromatic heterocycles. The van der Waals surface area contributed by atoms with E-state index in [9.17, 15) is 9.18 Å². The second kappa shape index (κ2) is 6.84. The Balaban J connectivity index is 2.19. The fourth-order valence-electron chi connectivity index (χ4n) is 1.69. The van der Waals surface area contributed by atoms with Gasteiger partial charge in [-0.3, -0.25) is 4.79 Å². The largest absolute Gasteiger partial charge is 0.454 e. The molecule has 3 heteroatoms. The molecule has 0 fully saturated rings. The molecule has 108 valence electrons. The molecule has 0 radical (unpaired) electrons. The van der Waals surface area contributed by atoms with E-state index >= 15 is 0 Å². The highest BCUT2D eigenvalue weighted by atomic mass is 19.1. The number of rotatable bonds is 5. The van der Waals surface area contributed by atoms with Gasteiger partial charge in [-0.2, -0.15) is 0 Å². The van der Waals surface area contributed by atoms with E-state index in [0.717, 1.165) is 5.56 Å². The Labute approximate surface area is 123 Å². The Hall–Kier alpha value is -2.42. The third-order valence-electron chi connectivity index (χ3n) is 2.94. The number of para-hydroxylation sites is 1. The van der Waals surface area contributed by atoms with Crippen LogP contribution in [0.4, 0.5) is 4.39 Å². The fraction of sp³-hybridized carbons (Fsp3) is 0.167. The summed E-state index contributed by atoms with van der Waals surface area (Å²) in [7, 11) is 0. The Morgan fingerprint density at radius 1 is 1.14 bits per heavy atom. The first-order valence-electron chi connectivity index (χ1n) is 6.80. The quantitative estimate of drug-likeness (QED) is 0.733. The van der Waals surface area contributed by atoms with E-state index in [1.165, 1.54) is 12.1 Å². The van der Waals surface area contributed by atoms with Crippen molar-refractivity contribution in [1.29, 1.82) is 0 Å². The van der Waals surface area contributed by atoms with Gasteiger partial charge in [0.1, 0.15) is 5.75 Å². The molecule has 2 nitrogen and oxygen atoms in total. The highest BCUT2D eigenvalue weighted by Crippen LogP contribution is 2.25. The lowest BCUT2D eigenvalue weighted by Gasteiger charge is -2.07. The van der Waals surface area contributed by atoms with Crippen molar-refractivity contribution in [3.05, 3.63) is 66.0 Å². The first-order chi connectivity index (χ1) is 10.1. The van der Waals surface area contributed by atoms with Crippen molar-refractivity contribution in [3.63, 3.8) is 0 Å². The summed E-state index contributed by atoms with van der Waals surface area (Å²) in [5, 5.41) is 0. The SMILES string of the molecule is CC(C)C(=O)C=Cc1ccc(F)c(Oc2ccccc2)c1. The number of benzene rings is 2. The van der Waals surface area contributed by atoms with E-state index in [1.54, 1.807) is 30.3 Å². The number of carbonyl (C=O) groups is 1. The molecule has 2 aromatic rings. The maximum atomic E-state index is 13.8. The lowest BCUT2D eigenvalue weighted by molar-refractivity contribution is -0.117. The first-order valence-corrected chi connectivity index (χ1v) is 6.80. The lowest BCUT2D eigenvalue weighted by atomic mass is 10.1. The first kappa shape index (κ1) is 15.0. The molecule has 0 heterocycles. The lowest BCUT2D eigenvalue weighted by Crippen LogP contribution is -2.01. The summed E-state index contributed by atoms with van der Waals surface area (Å²) >= 11 is 0. The van der Waals surface area contributed by atoms with Crippen molar-refractivity contribution in [1.82, 2.24) is 0 Å². The number of ether oxygens (including phenoxy) is 1. The van der Waals surface area contributed by atoms with Crippen LogP contribution in [0.1, 0.15) is 19.4 Å². The normalized spacial score (nSPS) is 11.0. The fourth-order valence-corrected chi connectivity index (χ4v) is 1.69. The molecule has 0 unspecified atom stereocenters. The third kappa shape index (κ3) is 4.28. The zero-order chi connectivity index (χ0) is 15.2. The van der Waals surface area contributed by atoms with E-state index in [4.69, 9.17) is 4.74 Å². The summed E-state index contributed by atoms with van der Waals surface area (Å²) in [5.41, 5.74) is 0.719. The van der Waals surface area contributed by atoms with Gasteiger partial charge in [0.2, 0.25) is 0 Å². The Morgan fingerprint density at radius 2 is 1.86 bits per heavy atom. The Kier molecular flexibility index (Phi) is 4.88. The van der Waals surface area contributed by atoms with Gasteiger partial charge in [0, 0.05) is 5.92 Å². The number of ketones is 1. The number of carbonyl (C=O) groups excluding carboxylic acids is 1. The molecular formula is C18H17FO2. The average Bonchev–Trinajstić information content (AvgIpc) is 2.48. The molecule has 0 aliphatic rings. The van der Waals surface area contributed by atoms with E-state index in [-0.39, 0.29) is 17.5 Å². The highest BCUT2D eigenvalue weighted by Gasteiger charge is 2.06. The maximum absolute atomic E-state index is 13.8. The van der Waals surface area contributed by atoms with E-state index in [0.29, 0.717) is 5.75 Å². The predicted molar refractivity (Wildman–Crippen MR) is 81.8 cm³/mol. The molecule has 2 rings (SSSR count). The molecule has 0 aliphatic carbocycles. The van der Waals surface area contributed by atoms with Gasteiger partial charge in [-0.15, -0.1) is 0 Å². The van der Waals surface area contributed by atoms with Crippen LogP contribution in [0.5, 0.6) is 11.5 Å². The summed E-state index contributed by atoms with van der Waals surface area (Å²) in [6, 6.07) is 13.5. The van der Waals surface area contributed by atoms with Crippen LogP contribution in [0, 0.1) is 11.7 Å². The zero-order valence-corrected chi connectivity index (χ0v) is 12.0. The number of hydrogen-bond donors (Lipinski definition) is 0. The summed E-state index contributed by atoms with van der Waals surface area (Å²) in [6.45, 7) is 3.67. The van der Waals surface area contributed by atoms with E-state index < -0.39 is 5.82 Å². The highest BCUT2D eigenvalue weighted by molar-refractivity contribution is 5.94. The van der Waals surface area contributed by atoms with Crippen LogP contribution in [0.2, 0.25) is 0 Å². The summed E-state index contributed by atoms with van der Waals surface area (Å²) in [6.07, 6.45) is 3.17. The molecule has 0 spiro atoms. The Morgan fingerprint density at radius 3 is 2.52 bits per heavy atom. The van der Waals surface area contributed by atoms with Gasteiger partial charge in [-0.25, -0.2) is 4.39 Å². The van der Waals surface area contributed by atoms with Gasteiger partial charge in [0.05, 0.1) is 0 Å². The zero-order valence-electron chi connectivity index (χ0n) is 12.0. The molecule has 0 saturated carbocycles. The van der Waals surface area contributed by atoms with Gasteiger partial charge in [0.25, 0.3) is 0 Å². The van der Waals surface area contributed by atoms with E-state index in [1.807, 2.05) is 32.0 Å². The van der Waals surface area contributed by atoms with Crippen molar-refractivity contribution in [2.24, 2.45) is 5.92 Å². The smallest absolute Gasteiger partial charge is 0.165 e. The molecule has 2 aromatic carbocycles. The second-order valence-corrected chi connectivity index (χ2v) is 5.00. The molecule has 21 heavy (non-hydrogen) atoms. The van der Waals surface area contributed by atoms with Crippen molar-refractivity contribution in [2.75, 3.05) is 0 Å². The number of allylic oxidation sites excluding steroid dienone is 1. The van der Waals surface area contributed by atoms with Crippen LogP contribution in [0.15, 0.2) is 54.6 Å². The molecule has 0 saturated heterocycles. The average molecular weight is 284 g/mol. The molecule has 0 atom stereocenters. The van der Waals surface area contributed by atoms with Gasteiger partial charge in [-0.05, 0) is 35.9 Å². The number of hydrogen-bond acceptors (Lipinski definition) is 2. The molecule has 0 bridgehead atoms. The molecular weight excluding hydrogens is 267 g/mol. The van der Waals surface area contributed by atoms with Gasteiger partial charge in [-0.1, -0.05) is 44.2 Å². The minimum Gasteiger partial charge on any atom is -0.454 e. The van der Waals surface area contributed by atoms with Crippen molar-refractivity contribution in [2.45, 2.75) is 13.8 Å². The van der Waals surface area contributed by atoms with Crippen molar-refractivity contribution < 1.29 is 13.9 Å². The van der Waals surface area contributed by atoms with Crippen molar-refractivity contribution in [3.8, 4) is 11.5 Å². The van der Waals surface area contributed by atoms with Crippen LogP contribution in [-0.4, -0.2) is 5.78 Å². The summed E-state index contributed by atoms with van der Waals surface area (Å²) in [4.78, 5) is 11.6. The minimum absolute atomic E-state index is 0.0323. The number of halogens is 1. The monoisotopic (exact) mass is 284 g/mol. The Bertz CT molecular complexity index is 646.